The number of para-hydroxylation sites is 1. The molecule has 0 spiro atoms. The largest absolute Gasteiger partial charge is 0.496 e. The van der Waals surface area contributed by atoms with E-state index < -0.39 is 0 Å². The summed E-state index contributed by atoms with van der Waals surface area (Å²) >= 11 is 0. The minimum Gasteiger partial charge on any atom is -0.496 e. The number of aryl methyl sites for hydroxylation is 1. The highest BCUT2D eigenvalue weighted by atomic mass is 16.5. The zero-order valence-electron chi connectivity index (χ0n) is 13.7. The summed E-state index contributed by atoms with van der Waals surface area (Å²) in [7, 11) is 1.72. The predicted molar refractivity (Wildman–Crippen MR) is 87.8 cm³/mol. The van der Waals surface area contributed by atoms with E-state index in [4.69, 9.17) is 4.74 Å². The van der Waals surface area contributed by atoms with Crippen molar-refractivity contribution in [2.45, 2.75) is 46.8 Å². The minimum atomic E-state index is 0.255. The first-order valence-electron chi connectivity index (χ1n) is 7.60. The zero-order valence-corrected chi connectivity index (χ0v) is 13.7. The van der Waals surface area contributed by atoms with Crippen molar-refractivity contribution >= 4 is 0 Å². The van der Waals surface area contributed by atoms with Crippen molar-refractivity contribution in [2.24, 2.45) is 0 Å². The molecule has 2 aromatic rings. The molecule has 0 aliphatic carbocycles. The molecule has 1 atom stereocenters. The number of hydrogen-bond donors (Lipinski definition) is 1. The molecule has 2 rings (SSSR count). The molecule has 1 aromatic heterocycles. The second-order valence-corrected chi connectivity index (χ2v) is 5.49. The summed E-state index contributed by atoms with van der Waals surface area (Å²) in [6, 6.07) is 10.7. The third-order valence-electron chi connectivity index (χ3n) is 4.20. The Morgan fingerprint density at radius 2 is 1.95 bits per heavy atom. The molecule has 0 saturated carbocycles. The van der Waals surface area contributed by atoms with Crippen LogP contribution in [0.15, 0.2) is 30.3 Å². The normalized spacial score (nSPS) is 12.4. The van der Waals surface area contributed by atoms with E-state index in [1.165, 1.54) is 22.5 Å². The van der Waals surface area contributed by atoms with Gasteiger partial charge in [-0.3, -0.25) is 0 Å². The first-order chi connectivity index (χ1) is 10.1. The van der Waals surface area contributed by atoms with Crippen molar-refractivity contribution in [1.29, 1.82) is 0 Å². The van der Waals surface area contributed by atoms with Crippen molar-refractivity contribution in [2.75, 3.05) is 7.11 Å². The fraction of sp³-hybridized carbons (Fsp3) is 0.444. The van der Waals surface area contributed by atoms with Crippen LogP contribution in [-0.4, -0.2) is 11.7 Å². The van der Waals surface area contributed by atoms with Gasteiger partial charge in [0, 0.05) is 36.1 Å². The predicted octanol–water partition coefficient (Wildman–Crippen LogP) is 3.98. The first kappa shape index (κ1) is 15.6. The third kappa shape index (κ3) is 3.30. The molecule has 0 bridgehead atoms. The zero-order chi connectivity index (χ0) is 15.4. The van der Waals surface area contributed by atoms with Gasteiger partial charge in [0.15, 0.2) is 0 Å². The maximum atomic E-state index is 5.44. The van der Waals surface area contributed by atoms with E-state index in [0.29, 0.717) is 0 Å². The minimum absolute atomic E-state index is 0.255. The summed E-state index contributed by atoms with van der Waals surface area (Å²) in [5.74, 6) is 0.941. The first-order valence-corrected chi connectivity index (χ1v) is 7.60. The highest BCUT2D eigenvalue weighted by Gasteiger charge is 2.12. The molecule has 1 N–H and O–H groups in total. The molecule has 0 aliphatic heterocycles. The van der Waals surface area contributed by atoms with Crippen LogP contribution in [0, 0.1) is 13.8 Å². The Balaban J connectivity index is 2.09. The second-order valence-electron chi connectivity index (χ2n) is 5.49. The Morgan fingerprint density at radius 1 is 1.24 bits per heavy atom. The van der Waals surface area contributed by atoms with Crippen LogP contribution >= 0.6 is 0 Å². The molecule has 0 fully saturated rings. The number of ether oxygens (including phenoxy) is 1. The molecule has 1 heterocycles. The van der Waals surface area contributed by atoms with Crippen molar-refractivity contribution in [3.8, 4) is 5.75 Å². The third-order valence-corrected chi connectivity index (χ3v) is 4.20. The van der Waals surface area contributed by atoms with E-state index in [1.807, 2.05) is 12.1 Å². The van der Waals surface area contributed by atoms with E-state index >= 15 is 0 Å². The van der Waals surface area contributed by atoms with E-state index in [-0.39, 0.29) is 6.04 Å². The second kappa shape index (κ2) is 6.81. The lowest BCUT2D eigenvalue weighted by molar-refractivity contribution is 0.401. The van der Waals surface area contributed by atoms with E-state index in [1.54, 1.807) is 7.11 Å². The fourth-order valence-electron chi connectivity index (χ4n) is 2.94. The number of nitrogens with one attached hydrogen (secondary N) is 1. The van der Waals surface area contributed by atoms with Crippen molar-refractivity contribution < 1.29 is 4.74 Å². The van der Waals surface area contributed by atoms with E-state index in [9.17, 15) is 0 Å². The van der Waals surface area contributed by atoms with Crippen LogP contribution in [0.25, 0.3) is 0 Å². The van der Waals surface area contributed by atoms with E-state index in [2.05, 4.69) is 55.8 Å². The molecule has 0 amide bonds. The molecule has 114 valence electrons. The Bertz CT molecular complexity index is 601. The van der Waals surface area contributed by atoms with Crippen LogP contribution in [0.4, 0.5) is 0 Å². The van der Waals surface area contributed by atoms with E-state index in [0.717, 1.165) is 18.8 Å². The van der Waals surface area contributed by atoms with Gasteiger partial charge in [0.2, 0.25) is 0 Å². The molecule has 0 saturated heterocycles. The van der Waals surface area contributed by atoms with Gasteiger partial charge < -0.3 is 14.6 Å². The summed E-state index contributed by atoms with van der Waals surface area (Å²) in [6.07, 6.45) is 0. The number of benzene rings is 1. The number of hydrogen-bond acceptors (Lipinski definition) is 2. The van der Waals surface area contributed by atoms with Crippen LogP contribution in [0.2, 0.25) is 0 Å². The van der Waals surface area contributed by atoms with Gasteiger partial charge in [-0.2, -0.15) is 0 Å². The molecule has 21 heavy (non-hydrogen) atoms. The average molecular weight is 286 g/mol. The molecule has 0 unspecified atom stereocenters. The number of rotatable bonds is 6. The summed E-state index contributed by atoms with van der Waals surface area (Å²) < 4.78 is 7.79. The highest BCUT2D eigenvalue weighted by Crippen LogP contribution is 2.25. The summed E-state index contributed by atoms with van der Waals surface area (Å²) in [5.41, 5.74) is 5.26. The lowest BCUT2D eigenvalue weighted by atomic mass is 10.1. The van der Waals surface area contributed by atoms with Gasteiger partial charge in [-0.1, -0.05) is 18.2 Å². The summed E-state index contributed by atoms with van der Waals surface area (Å²) in [6.45, 7) is 10.6. The number of aromatic nitrogens is 1. The maximum absolute atomic E-state index is 5.44. The van der Waals surface area contributed by atoms with Crippen molar-refractivity contribution in [1.82, 2.24) is 9.88 Å². The lowest BCUT2D eigenvalue weighted by Crippen LogP contribution is -2.19. The fourth-order valence-corrected chi connectivity index (χ4v) is 2.94. The van der Waals surface area contributed by atoms with Crippen LogP contribution in [0.1, 0.15) is 42.4 Å². The average Bonchev–Trinajstić information content (AvgIpc) is 2.78. The van der Waals surface area contributed by atoms with Crippen molar-refractivity contribution in [3.63, 3.8) is 0 Å². The quantitative estimate of drug-likeness (QED) is 0.869. The summed E-state index contributed by atoms with van der Waals surface area (Å²) in [5, 5.41) is 3.60. The highest BCUT2D eigenvalue weighted by molar-refractivity contribution is 5.35. The molecular weight excluding hydrogens is 260 g/mol. The topological polar surface area (TPSA) is 26.2 Å². The van der Waals surface area contributed by atoms with Gasteiger partial charge in [0.1, 0.15) is 5.75 Å². The lowest BCUT2D eigenvalue weighted by Gasteiger charge is -2.17. The Kier molecular flexibility index (Phi) is 5.07. The smallest absolute Gasteiger partial charge is 0.123 e. The Morgan fingerprint density at radius 3 is 2.57 bits per heavy atom. The van der Waals surface area contributed by atoms with Gasteiger partial charge in [0.05, 0.1) is 7.11 Å². The molecule has 0 radical (unpaired) electrons. The maximum Gasteiger partial charge on any atom is 0.123 e. The number of nitrogens with zero attached hydrogens (tertiary/aromatic N) is 1. The monoisotopic (exact) mass is 286 g/mol. The van der Waals surface area contributed by atoms with Gasteiger partial charge >= 0.3 is 0 Å². The van der Waals surface area contributed by atoms with Gasteiger partial charge in [0.25, 0.3) is 0 Å². The van der Waals surface area contributed by atoms with Crippen molar-refractivity contribution in [3.05, 3.63) is 52.8 Å². The summed E-state index contributed by atoms with van der Waals surface area (Å²) in [4.78, 5) is 0. The van der Waals surface area contributed by atoms with Crippen LogP contribution in [0.5, 0.6) is 5.75 Å². The molecule has 3 heteroatoms. The van der Waals surface area contributed by atoms with Gasteiger partial charge in [-0.05, 0) is 45.4 Å². The molecule has 0 aliphatic rings. The Hall–Kier alpha value is -1.74. The van der Waals surface area contributed by atoms with Crippen LogP contribution in [0.3, 0.4) is 0 Å². The molecular formula is C18H26N2O. The SMILES string of the molecule is CCn1c(C)cc(CN[C@H](C)c2ccccc2OC)c1C. The van der Waals surface area contributed by atoms with Gasteiger partial charge in [-0.15, -0.1) is 0 Å². The Labute approximate surface area is 127 Å². The van der Waals surface area contributed by atoms with Crippen LogP contribution < -0.4 is 10.1 Å². The standard InChI is InChI=1S/C18H26N2O/c1-6-20-13(2)11-16(15(20)4)12-19-14(3)17-9-7-8-10-18(17)21-5/h7-11,14,19H,6,12H2,1-5H3/t14-/m1/s1. The molecule has 3 nitrogen and oxygen atoms in total. The van der Waals surface area contributed by atoms with Gasteiger partial charge in [-0.25, -0.2) is 0 Å². The number of methoxy groups -OCH3 is 1. The van der Waals surface area contributed by atoms with Crippen LogP contribution in [-0.2, 0) is 13.1 Å². The molecule has 1 aromatic carbocycles.